The van der Waals surface area contributed by atoms with Gasteiger partial charge in [-0.05, 0) is 119 Å². The monoisotopic (exact) mass is 660 g/mol. The Balaban J connectivity index is 2.21. The third kappa shape index (κ3) is 13.0. The van der Waals surface area contributed by atoms with E-state index in [2.05, 4.69) is 110 Å². The van der Waals surface area contributed by atoms with Crippen LogP contribution in [0.5, 0.6) is 0 Å². The smallest absolute Gasteiger partial charge is 0.306 e. The first-order chi connectivity index (χ1) is 20.7. The van der Waals surface area contributed by atoms with Gasteiger partial charge in [-0.3, -0.25) is 4.79 Å². The molecule has 258 valence electrons. The Bertz CT molecular complexity index is 1040. The van der Waals surface area contributed by atoms with E-state index in [0.717, 1.165) is 44.9 Å². The van der Waals surface area contributed by atoms with Gasteiger partial charge in [0.05, 0.1) is 18.3 Å². The quantitative estimate of drug-likeness (QED) is 0.0780. The van der Waals surface area contributed by atoms with Crippen LogP contribution in [0.1, 0.15) is 112 Å². The van der Waals surface area contributed by atoms with Crippen molar-refractivity contribution in [2.24, 2.45) is 11.8 Å². The molecule has 1 N–H and O–H groups in total. The second kappa shape index (κ2) is 17.2. The summed E-state index contributed by atoms with van der Waals surface area (Å²) < 4.78 is 19.4. The number of benzene rings is 1. The van der Waals surface area contributed by atoms with Crippen molar-refractivity contribution in [3.05, 3.63) is 48.0 Å². The van der Waals surface area contributed by atoms with Crippen molar-refractivity contribution in [1.82, 2.24) is 0 Å². The second-order valence-corrected chi connectivity index (χ2v) is 26.3. The molecule has 1 saturated carbocycles. The van der Waals surface area contributed by atoms with Crippen molar-refractivity contribution in [3.8, 4) is 0 Å². The summed E-state index contributed by atoms with van der Waals surface area (Å²) >= 11 is 0. The second-order valence-electron chi connectivity index (χ2n) is 16.8. The van der Waals surface area contributed by atoms with E-state index in [1.165, 1.54) is 5.56 Å². The van der Waals surface area contributed by atoms with Crippen LogP contribution in [0.15, 0.2) is 42.5 Å². The topological polar surface area (TPSA) is 65.0 Å². The van der Waals surface area contributed by atoms with Gasteiger partial charge in [-0.15, -0.1) is 0 Å². The van der Waals surface area contributed by atoms with Crippen LogP contribution in [0.25, 0.3) is 0 Å². The van der Waals surface area contributed by atoms with Crippen LogP contribution >= 0.6 is 0 Å². The van der Waals surface area contributed by atoms with Crippen molar-refractivity contribution >= 4 is 22.6 Å². The van der Waals surface area contributed by atoms with Crippen molar-refractivity contribution in [2.75, 3.05) is 0 Å². The molecule has 0 amide bonds. The molecule has 0 heterocycles. The van der Waals surface area contributed by atoms with Gasteiger partial charge in [0.2, 0.25) is 0 Å². The molecule has 5 nitrogen and oxygen atoms in total. The number of esters is 1. The van der Waals surface area contributed by atoms with E-state index in [-0.39, 0.29) is 52.3 Å². The van der Waals surface area contributed by atoms with Crippen LogP contribution in [0.3, 0.4) is 0 Å². The molecule has 0 bridgehead atoms. The van der Waals surface area contributed by atoms with Crippen LogP contribution < -0.4 is 0 Å². The summed E-state index contributed by atoms with van der Waals surface area (Å²) in [6.45, 7) is 27.0. The number of hydrogen-bond donors (Lipinski definition) is 1. The number of aryl methyl sites for hydroxylation is 1. The molecular formula is C38H68O5Si2. The molecule has 45 heavy (non-hydrogen) atoms. The Morgan fingerprint density at radius 2 is 1.56 bits per heavy atom. The normalized spacial score (nSPS) is 22.4. The van der Waals surface area contributed by atoms with Gasteiger partial charge in [0, 0.05) is 12.5 Å². The number of hydrogen-bond acceptors (Lipinski definition) is 5. The molecule has 1 aliphatic rings. The molecule has 0 aromatic heterocycles. The van der Waals surface area contributed by atoms with E-state index in [9.17, 15) is 9.90 Å². The van der Waals surface area contributed by atoms with Gasteiger partial charge in [0.15, 0.2) is 16.6 Å². The first-order valence-corrected chi connectivity index (χ1v) is 23.5. The summed E-state index contributed by atoms with van der Waals surface area (Å²) in [7, 11) is -3.98. The third-order valence-corrected chi connectivity index (χ3v) is 19.7. The van der Waals surface area contributed by atoms with Gasteiger partial charge in [0.25, 0.3) is 0 Å². The lowest BCUT2D eigenvalue weighted by atomic mass is 9.85. The summed E-state index contributed by atoms with van der Waals surface area (Å²) in [6.07, 6.45) is 11.8. The largest absolute Gasteiger partial charge is 0.463 e. The van der Waals surface area contributed by atoms with Crippen LogP contribution in [0.2, 0.25) is 36.3 Å². The van der Waals surface area contributed by atoms with Crippen molar-refractivity contribution in [2.45, 2.75) is 174 Å². The molecule has 5 atom stereocenters. The van der Waals surface area contributed by atoms with Crippen molar-refractivity contribution in [1.29, 1.82) is 0 Å². The van der Waals surface area contributed by atoms with E-state index in [1.807, 2.05) is 13.8 Å². The minimum Gasteiger partial charge on any atom is -0.463 e. The van der Waals surface area contributed by atoms with Crippen molar-refractivity contribution in [3.63, 3.8) is 0 Å². The highest BCUT2D eigenvalue weighted by atomic mass is 28.4. The molecule has 1 aliphatic carbocycles. The maximum Gasteiger partial charge on any atom is 0.306 e. The fraction of sp³-hybridized carbons (Fsp3) is 0.763. The fourth-order valence-corrected chi connectivity index (χ4v) is 8.64. The van der Waals surface area contributed by atoms with Crippen molar-refractivity contribution < 1.29 is 23.5 Å². The Morgan fingerprint density at radius 3 is 2.13 bits per heavy atom. The molecule has 0 radical (unpaired) electrons. The molecule has 7 heteroatoms. The summed E-state index contributed by atoms with van der Waals surface area (Å²) in [4.78, 5) is 11.9. The SMILES string of the molecule is CC(C)OC(=O)CCC/C=C\C[C@@H]1[C@@H](CC[C@H](CCc2ccccc2)O[Si](C)(C)C(C)(C)C)[C@H](O[Si](C)(C)C(C)(C)C)C[C@@H]1O. The van der Waals surface area contributed by atoms with E-state index in [0.29, 0.717) is 12.8 Å². The lowest BCUT2D eigenvalue weighted by Crippen LogP contribution is -2.45. The number of carbonyl (C=O) groups is 1. The first kappa shape index (κ1) is 39.9. The molecule has 0 aliphatic heterocycles. The average molecular weight is 661 g/mol. The lowest BCUT2D eigenvalue weighted by molar-refractivity contribution is -0.147. The van der Waals surface area contributed by atoms with E-state index in [4.69, 9.17) is 13.6 Å². The molecule has 0 unspecified atom stereocenters. The molecule has 1 fully saturated rings. The summed E-state index contributed by atoms with van der Waals surface area (Å²) in [5, 5.41) is 11.7. The van der Waals surface area contributed by atoms with Gasteiger partial charge in [-0.2, -0.15) is 0 Å². The molecule has 0 saturated heterocycles. The average Bonchev–Trinajstić information content (AvgIpc) is 3.19. The third-order valence-electron chi connectivity index (χ3n) is 10.6. The Morgan fingerprint density at radius 1 is 0.933 bits per heavy atom. The van der Waals surface area contributed by atoms with Crippen LogP contribution in [-0.4, -0.2) is 52.1 Å². The predicted molar refractivity (Wildman–Crippen MR) is 195 cm³/mol. The number of carbonyl (C=O) groups excluding carboxylic acids is 1. The lowest BCUT2D eigenvalue weighted by Gasteiger charge is -2.41. The van der Waals surface area contributed by atoms with Gasteiger partial charge in [-0.25, -0.2) is 0 Å². The summed E-state index contributed by atoms with van der Waals surface area (Å²) in [5.41, 5.74) is 1.36. The predicted octanol–water partition coefficient (Wildman–Crippen LogP) is 10.2. The van der Waals surface area contributed by atoms with E-state index < -0.39 is 16.6 Å². The number of aliphatic hydroxyl groups excluding tert-OH is 1. The Hall–Kier alpha value is -1.26. The van der Waals surface area contributed by atoms with E-state index in [1.54, 1.807) is 0 Å². The molecule has 1 aromatic rings. The summed E-state index contributed by atoms with van der Waals surface area (Å²) in [6, 6.07) is 10.8. The van der Waals surface area contributed by atoms with Gasteiger partial charge < -0.3 is 18.7 Å². The minimum absolute atomic E-state index is 0.0627. The van der Waals surface area contributed by atoms with Gasteiger partial charge in [-0.1, -0.05) is 84.0 Å². The number of unbranched alkanes of at least 4 members (excludes halogenated alkanes) is 1. The van der Waals surface area contributed by atoms with Gasteiger partial charge >= 0.3 is 5.97 Å². The van der Waals surface area contributed by atoms with Crippen LogP contribution in [-0.2, 0) is 24.8 Å². The van der Waals surface area contributed by atoms with Crippen LogP contribution in [0.4, 0.5) is 0 Å². The zero-order valence-corrected chi connectivity index (χ0v) is 32.9. The fourth-order valence-electron chi connectivity index (χ4n) is 5.83. The molecular weight excluding hydrogens is 593 g/mol. The maximum absolute atomic E-state index is 11.9. The highest BCUT2D eigenvalue weighted by molar-refractivity contribution is 6.74. The maximum atomic E-state index is 11.9. The first-order valence-electron chi connectivity index (χ1n) is 17.7. The van der Waals surface area contributed by atoms with Gasteiger partial charge in [0.1, 0.15) is 0 Å². The highest BCUT2D eigenvalue weighted by Gasteiger charge is 2.48. The Kier molecular flexibility index (Phi) is 15.3. The number of allylic oxidation sites excluding steroid dienone is 2. The molecule has 2 rings (SSSR count). The Labute approximate surface area is 279 Å². The highest BCUT2D eigenvalue weighted by Crippen LogP contribution is 2.46. The molecule has 1 aromatic carbocycles. The zero-order valence-electron chi connectivity index (χ0n) is 30.9. The number of ether oxygens (including phenoxy) is 1. The number of aliphatic hydroxyl groups is 1. The molecule has 0 spiro atoms. The zero-order chi connectivity index (χ0) is 34.1. The minimum atomic E-state index is -2.02. The number of rotatable bonds is 17. The van der Waals surface area contributed by atoms with Crippen LogP contribution in [0, 0.1) is 11.8 Å². The summed E-state index contributed by atoms with van der Waals surface area (Å²) in [5.74, 6) is 0.309. The standard InChI is InChI=1S/C38H68O5Si2/c1-29(2)41-36(40)23-19-14-13-18-22-32-33(35(28-34(32)39)43-45(11,12)38(6,7)8)27-26-31(42-44(9,10)37(3,4)5)25-24-30-20-16-15-17-21-30/h13,15-18,20-21,29,31-35,39H,14,19,22-28H2,1-12H3/b18-13-/t31-,32+,33+,34-,35+/m0/s1. The van der Waals surface area contributed by atoms with E-state index >= 15 is 0 Å².